The molecule has 0 unspecified atom stereocenters. The number of nitrogens with one attached hydrogen (secondary N) is 3. The van der Waals surface area contributed by atoms with Crippen LogP contribution in [0.25, 0.3) is 55.2 Å². The highest BCUT2D eigenvalue weighted by Crippen LogP contribution is 2.35. The van der Waals surface area contributed by atoms with Crippen LogP contribution in [0.15, 0.2) is 55.0 Å². The summed E-state index contributed by atoms with van der Waals surface area (Å²) < 4.78 is 28.9. The van der Waals surface area contributed by atoms with Gasteiger partial charge in [0.2, 0.25) is 5.91 Å². The molecule has 39 heavy (non-hydrogen) atoms. The molecule has 1 fully saturated rings. The van der Waals surface area contributed by atoms with Crippen LogP contribution < -0.4 is 5.32 Å². The lowest BCUT2D eigenvalue weighted by molar-refractivity contribution is -0.119. The number of halogens is 2. The minimum atomic E-state index is -0.449. The number of nitrogens with zero attached hydrogens (tertiary/aromatic N) is 4. The molecular formula is C28H21F2N7OS. The van der Waals surface area contributed by atoms with Crippen molar-refractivity contribution < 1.29 is 13.6 Å². The van der Waals surface area contributed by atoms with Crippen LogP contribution in [0, 0.1) is 16.9 Å². The fraction of sp³-hybridized carbons (Fsp3) is 0.179. The van der Waals surface area contributed by atoms with Crippen molar-refractivity contribution in [3.63, 3.8) is 0 Å². The van der Waals surface area contributed by atoms with Crippen molar-refractivity contribution in [2.45, 2.75) is 25.7 Å². The minimum Gasteiger partial charge on any atom is -0.336 e. The van der Waals surface area contributed by atoms with Gasteiger partial charge in [0.15, 0.2) is 11.0 Å². The third-order valence-corrected chi connectivity index (χ3v) is 8.01. The van der Waals surface area contributed by atoms with Gasteiger partial charge in [-0.05, 0) is 43.2 Å². The number of benzene rings is 1. The fourth-order valence-electron chi connectivity index (χ4n) is 5.20. The number of aromatic amines is 2. The molecule has 0 radical (unpaired) electrons. The first kappa shape index (κ1) is 23.6. The second-order valence-electron chi connectivity index (χ2n) is 9.63. The molecule has 1 saturated carbocycles. The summed E-state index contributed by atoms with van der Waals surface area (Å²) in [5.74, 6) is 0.00231. The van der Waals surface area contributed by atoms with E-state index in [1.807, 2.05) is 0 Å². The first-order valence-corrected chi connectivity index (χ1v) is 13.4. The summed E-state index contributed by atoms with van der Waals surface area (Å²) in [6.07, 6.45) is 8.66. The molecule has 6 aromatic rings. The second kappa shape index (κ2) is 9.35. The average Bonchev–Trinajstić information content (AvgIpc) is 3.74. The van der Waals surface area contributed by atoms with E-state index in [2.05, 4.69) is 30.5 Å². The van der Waals surface area contributed by atoms with E-state index in [0.717, 1.165) is 42.5 Å². The van der Waals surface area contributed by atoms with Crippen molar-refractivity contribution in [3.8, 4) is 33.2 Å². The Bertz CT molecular complexity index is 1870. The predicted octanol–water partition coefficient (Wildman–Crippen LogP) is 6.70. The quantitative estimate of drug-likeness (QED) is 0.225. The molecule has 1 amide bonds. The molecule has 0 saturated heterocycles. The molecule has 5 heterocycles. The summed E-state index contributed by atoms with van der Waals surface area (Å²) >= 11 is 0.999. The number of thiophene rings is 1. The van der Waals surface area contributed by atoms with Gasteiger partial charge >= 0.3 is 0 Å². The third-order valence-electron chi connectivity index (χ3n) is 7.13. The average molecular weight is 542 g/mol. The van der Waals surface area contributed by atoms with Gasteiger partial charge in [0, 0.05) is 40.9 Å². The molecule has 7 rings (SSSR count). The van der Waals surface area contributed by atoms with E-state index >= 15 is 4.39 Å². The molecule has 11 heteroatoms. The van der Waals surface area contributed by atoms with E-state index in [-0.39, 0.29) is 17.0 Å². The molecule has 1 aromatic carbocycles. The Labute approximate surface area is 224 Å². The van der Waals surface area contributed by atoms with Crippen molar-refractivity contribution in [2.75, 3.05) is 5.32 Å². The highest BCUT2D eigenvalue weighted by atomic mass is 32.1. The van der Waals surface area contributed by atoms with Crippen molar-refractivity contribution in [1.29, 1.82) is 0 Å². The molecule has 5 aromatic heterocycles. The Morgan fingerprint density at radius 1 is 1.03 bits per heavy atom. The molecule has 1 aliphatic carbocycles. The number of hydrogen-bond acceptors (Lipinski definition) is 6. The molecule has 0 spiro atoms. The largest absolute Gasteiger partial charge is 0.336 e. The summed E-state index contributed by atoms with van der Waals surface area (Å²) in [7, 11) is 0. The number of amides is 1. The van der Waals surface area contributed by atoms with Gasteiger partial charge in [-0.1, -0.05) is 12.8 Å². The van der Waals surface area contributed by atoms with Crippen molar-refractivity contribution in [3.05, 3.63) is 65.9 Å². The van der Waals surface area contributed by atoms with E-state index in [1.165, 1.54) is 12.1 Å². The van der Waals surface area contributed by atoms with Gasteiger partial charge < -0.3 is 10.3 Å². The van der Waals surface area contributed by atoms with E-state index in [1.54, 1.807) is 42.9 Å². The topological polar surface area (TPSA) is 112 Å². The van der Waals surface area contributed by atoms with Crippen molar-refractivity contribution in [2.24, 2.45) is 5.92 Å². The molecule has 1 aliphatic rings. The number of rotatable bonds is 5. The standard InChI is InChI=1S/C28H21F2N7OS/c29-19-11-21-18(10-17(19)15-9-16(13-31-12-15)33-28(38)14-3-1-2-4-14)24(37-36-21)27-34-20-7-8-32-26(25(20)35-27)22-5-6-23(30)39-22/h5-14H,1-4H2,(H,33,38)(H,34,35)(H,36,37). The SMILES string of the molecule is O=C(Nc1cncc(-c2cc3c(-c4nc5c(-c6ccc(F)s6)nccc5[nH]4)n[nH]c3cc2F)c1)C1CCCC1. The van der Waals surface area contributed by atoms with Crippen molar-refractivity contribution in [1.82, 2.24) is 30.1 Å². The summed E-state index contributed by atoms with van der Waals surface area (Å²) in [5, 5.41) is 10.6. The maximum Gasteiger partial charge on any atom is 0.227 e. The monoisotopic (exact) mass is 541 g/mol. The van der Waals surface area contributed by atoms with Gasteiger partial charge in [-0.2, -0.15) is 9.49 Å². The zero-order valence-corrected chi connectivity index (χ0v) is 21.3. The third kappa shape index (κ3) is 4.24. The van der Waals surface area contributed by atoms with Gasteiger partial charge in [0.1, 0.15) is 22.7 Å². The number of pyridine rings is 2. The van der Waals surface area contributed by atoms with E-state index in [4.69, 9.17) is 4.98 Å². The maximum absolute atomic E-state index is 15.2. The number of anilines is 1. The number of fused-ring (bicyclic) bond motifs is 2. The van der Waals surface area contributed by atoms with Crippen LogP contribution in [0.2, 0.25) is 0 Å². The second-order valence-corrected chi connectivity index (χ2v) is 10.7. The lowest BCUT2D eigenvalue weighted by Gasteiger charge is -2.11. The normalized spacial score (nSPS) is 14.0. The van der Waals surface area contributed by atoms with Crippen molar-refractivity contribution >= 4 is 44.9 Å². The molecular weight excluding hydrogens is 520 g/mol. The number of carbonyl (C=O) groups excluding carboxylic acids is 1. The van der Waals surface area contributed by atoms with Crippen LogP contribution >= 0.6 is 11.3 Å². The van der Waals surface area contributed by atoms with E-state index in [9.17, 15) is 9.18 Å². The molecule has 0 bridgehead atoms. The smallest absolute Gasteiger partial charge is 0.227 e. The number of hydrogen-bond donors (Lipinski definition) is 3. The molecule has 3 N–H and O–H groups in total. The maximum atomic E-state index is 15.2. The lowest BCUT2D eigenvalue weighted by Crippen LogP contribution is -2.20. The lowest BCUT2D eigenvalue weighted by atomic mass is 10.0. The summed E-state index contributed by atoms with van der Waals surface area (Å²) in [4.78, 5) is 29.9. The minimum absolute atomic E-state index is 0.00796. The van der Waals surface area contributed by atoms with Crippen LogP contribution in [0.1, 0.15) is 25.7 Å². The van der Waals surface area contributed by atoms with Crippen LogP contribution in [0.5, 0.6) is 0 Å². The summed E-state index contributed by atoms with van der Waals surface area (Å²) in [6, 6.07) is 9.67. The number of H-pyrrole nitrogens is 2. The number of imidazole rings is 1. The van der Waals surface area contributed by atoms with Gasteiger partial charge in [-0.3, -0.25) is 19.9 Å². The Balaban J connectivity index is 1.27. The first-order valence-electron chi connectivity index (χ1n) is 12.6. The van der Waals surface area contributed by atoms with Crippen LogP contribution in [0.3, 0.4) is 0 Å². The van der Waals surface area contributed by atoms with Gasteiger partial charge in [0.05, 0.1) is 27.8 Å². The molecule has 8 nitrogen and oxygen atoms in total. The van der Waals surface area contributed by atoms with Crippen LogP contribution in [0.4, 0.5) is 14.5 Å². The van der Waals surface area contributed by atoms with Gasteiger partial charge in [-0.15, -0.1) is 11.3 Å². The van der Waals surface area contributed by atoms with Crippen LogP contribution in [-0.2, 0) is 4.79 Å². The number of aromatic nitrogens is 6. The Morgan fingerprint density at radius 2 is 1.90 bits per heavy atom. The van der Waals surface area contributed by atoms with E-state index < -0.39 is 5.82 Å². The van der Waals surface area contributed by atoms with Gasteiger partial charge in [-0.25, -0.2) is 9.37 Å². The Kier molecular flexibility index (Phi) is 5.66. The summed E-state index contributed by atoms with van der Waals surface area (Å²) in [6.45, 7) is 0. The molecule has 0 atom stereocenters. The highest BCUT2D eigenvalue weighted by Gasteiger charge is 2.23. The zero-order chi connectivity index (χ0) is 26.5. The van der Waals surface area contributed by atoms with Gasteiger partial charge in [0.25, 0.3) is 0 Å². The zero-order valence-electron chi connectivity index (χ0n) is 20.5. The highest BCUT2D eigenvalue weighted by molar-refractivity contribution is 7.13. The fourth-order valence-corrected chi connectivity index (χ4v) is 5.93. The van der Waals surface area contributed by atoms with Crippen LogP contribution in [-0.4, -0.2) is 36.0 Å². The Morgan fingerprint density at radius 3 is 2.72 bits per heavy atom. The summed E-state index contributed by atoms with van der Waals surface area (Å²) in [5.41, 5.74) is 4.26. The first-order chi connectivity index (χ1) is 19.0. The predicted molar refractivity (Wildman–Crippen MR) is 146 cm³/mol. The molecule has 194 valence electrons. The Hall–Kier alpha value is -4.51. The van der Waals surface area contributed by atoms with E-state index in [0.29, 0.717) is 55.3 Å². The molecule has 0 aliphatic heterocycles. The number of carbonyl (C=O) groups is 1.